The van der Waals surface area contributed by atoms with E-state index < -0.39 is 10.0 Å². The second-order valence-electron chi connectivity index (χ2n) is 5.65. The summed E-state index contributed by atoms with van der Waals surface area (Å²) in [6.45, 7) is 0.118. The maximum Gasteiger partial charge on any atom is 0.232 e. The summed E-state index contributed by atoms with van der Waals surface area (Å²) in [6.07, 6.45) is 1.04. The molecule has 0 radical (unpaired) electrons. The number of hydrogen-bond acceptors (Lipinski definition) is 5. The molecule has 7 nitrogen and oxygen atoms in total. The summed E-state index contributed by atoms with van der Waals surface area (Å²) in [6, 6.07) is 11.6. The van der Waals surface area contributed by atoms with Gasteiger partial charge in [-0.1, -0.05) is 23.7 Å². The van der Waals surface area contributed by atoms with Gasteiger partial charge in [0.2, 0.25) is 22.7 Å². The van der Waals surface area contributed by atoms with Crippen molar-refractivity contribution in [2.24, 2.45) is 0 Å². The number of para-hydroxylation sites is 1. The Morgan fingerprint density at radius 3 is 2.65 bits per heavy atom. The van der Waals surface area contributed by atoms with E-state index in [1.54, 1.807) is 42.5 Å². The van der Waals surface area contributed by atoms with E-state index in [-0.39, 0.29) is 25.7 Å². The van der Waals surface area contributed by atoms with Crippen molar-refractivity contribution in [3.05, 3.63) is 47.5 Å². The van der Waals surface area contributed by atoms with Crippen LogP contribution < -0.4 is 19.1 Å². The molecular weight excluding hydrogens is 380 g/mol. The van der Waals surface area contributed by atoms with Crippen molar-refractivity contribution in [3.63, 3.8) is 0 Å². The highest BCUT2D eigenvalue weighted by molar-refractivity contribution is 7.92. The van der Waals surface area contributed by atoms with Crippen molar-refractivity contribution >= 4 is 38.9 Å². The van der Waals surface area contributed by atoms with Crippen LogP contribution in [-0.2, 0) is 14.8 Å². The van der Waals surface area contributed by atoms with Crippen LogP contribution in [0.1, 0.15) is 6.42 Å². The average molecular weight is 397 g/mol. The number of hydrogen-bond donors (Lipinski definition) is 1. The molecule has 0 aliphatic carbocycles. The number of carbonyl (C=O) groups excluding carboxylic acids is 1. The molecule has 0 aromatic heterocycles. The quantitative estimate of drug-likeness (QED) is 0.811. The third-order valence-corrected chi connectivity index (χ3v) is 5.22. The van der Waals surface area contributed by atoms with Crippen LogP contribution in [0.15, 0.2) is 42.5 Å². The largest absolute Gasteiger partial charge is 0.454 e. The van der Waals surface area contributed by atoms with Crippen molar-refractivity contribution in [1.82, 2.24) is 0 Å². The minimum Gasteiger partial charge on any atom is -0.454 e. The molecule has 1 N–H and O–H groups in total. The number of anilines is 2. The monoisotopic (exact) mass is 396 g/mol. The van der Waals surface area contributed by atoms with Gasteiger partial charge in [0.25, 0.3) is 0 Å². The first-order chi connectivity index (χ1) is 12.3. The molecule has 0 saturated heterocycles. The van der Waals surface area contributed by atoms with Gasteiger partial charge in [-0.05, 0) is 24.3 Å². The van der Waals surface area contributed by atoms with Crippen LogP contribution in [0, 0.1) is 0 Å². The molecule has 0 atom stereocenters. The van der Waals surface area contributed by atoms with E-state index in [0.717, 1.165) is 10.6 Å². The van der Waals surface area contributed by atoms with Gasteiger partial charge in [-0.25, -0.2) is 8.42 Å². The second-order valence-corrected chi connectivity index (χ2v) is 7.97. The van der Waals surface area contributed by atoms with Gasteiger partial charge in [-0.15, -0.1) is 0 Å². The van der Waals surface area contributed by atoms with Gasteiger partial charge in [-0.2, -0.15) is 0 Å². The van der Waals surface area contributed by atoms with Gasteiger partial charge in [-0.3, -0.25) is 9.10 Å². The van der Waals surface area contributed by atoms with Crippen molar-refractivity contribution in [2.75, 3.05) is 29.2 Å². The molecule has 9 heteroatoms. The van der Waals surface area contributed by atoms with E-state index in [0.29, 0.717) is 27.9 Å². The Bertz CT molecular complexity index is 933. The molecule has 1 heterocycles. The molecule has 2 aromatic carbocycles. The van der Waals surface area contributed by atoms with Gasteiger partial charge in [0.1, 0.15) is 0 Å². The first-order valence-electron chi connectivity index (χ1n) is 7.76. The number of nitrogens with one attached hydrogen (secondary N) is 1. The van der Waals surface area contributed by atoms with Gasteiger partial charge in [0.15, 0.2) is 11.5 Å². The fraction of sp³-hybridized carbons (Fsp3) is 0.235. The number of nitrogens with zero attached hydrogens (tertiary/aromatic N) is 1. The number of ether oxygens (including phenoxy) is 2. The van der Waals surface area contributed by atoms with Gasteiger partial charge >= 0.3 is 0 Å². The maximum absolute atomic E-state index is 12.2. The summed E-state index contributed by atoms with van der Waals surface area (Å²) < 4.78 is 35.8. The summed E-state index contributed by atoms with van der Waals surface area (Å²) in [4.78, 5) is 12.2. The Balaban J connectivity index is 1.67. The van der Waals surface area contributed by atoms with E-state index in [9.17, 15) is 13.2 Å². The Kier molecular flexibility index (Phi) is 5.24. The van der Waals surface area contributed by atoms with E-state index in [4.69, 9.17) is 21.1 Å². The zero-order chi connectivity index (χ0) is 18.7. The molecule has 1 aliphatic heterocycles. The number of halogens is 1. The molecule has 1 amide bonds. The first-order valence-corrected chi connectivity index (χ1v) is 9.99. The van der Waals surface area contributed by atoms with Crippen LogP contribution in [0.4, 0.5) is 11.4 Å². The number of fused-ring (bicyclic) bond motifs is 1. The smallest absolute Gasteiger partial charge is 0.232 e. The van der Waals surface area contributed by atoms with E-state index in [1.165, 1.54) is 0 Å². The SMILES string of the molecule is CS(=O)(=O)N(CCC(=O)Nc1ccc2c(c1)OCO2)c1ccccc1Cl. The Hall–Kier alpha value is -2.45. The highest BCUT2D eigenvalue weighted by Crippen LogP contribution is 2.34. The van der Waals surface area contributed by atoms with Crippen molar-refractivity contribution in [1.29, 1.82) is 0 Å². The Morgan fingerprint density at radius 2 is 1.92 bits per heavy atom. The van der Waals surface area contributed by atoms with Crippen LogP contribution in [0.25, 0.3) is 0 Å². The van der Waals surface area contributed by atoms with Crippen molar-refractivity contribution in [2.45, 2.75) is 6.42 Å². The van der Waals surface area contributed by atoms with Crippen LogP contribution in [0.2, 0.25) is 5.02 Å². The predicted molar refractivity (Wildman–Crippen MR) is 99.5 cm³/mol. The molecule has 138 valence electrons. The molecule has 3 rings (SSSR count). The zero-order valence-electron chi connectivity index (χ0n) is 13.9. The van der Waals surface area contributed by atoms with Crippen LogP contribution >= 0.6 is 11.6 Å². The number of amides is 1. The third-order valence-electron chi connectivity index (χ3n) is 3.72. The average Bonchev–Trinajstić information content (AvgIpc) is 3.03. The summed E-state index contributed by atoms with van der Waals surface area (Å²) in [5.74, 6) is 0.839. The molecule has 0 fully saturated rings. The minimum absolute atomic E-state index is 0.0288. The number of rotatable bonds is 6. The Morgan fingerprint density at radius 1 is 1.19 bits per heavy atom. The van der Waals surface area contributed by atoms with Crippen molar-refractivity contribution in [3.8, 4) is 11.5 Å². The lowest BCUT2D eigenvalue weighted by atomic mass is 10.2. The van der Waals surface area contributed by atoms with Gasteiger partial charge in [0, 0.05) is 24.7 Å². The summed E-state index contributed by atoms with van der Waals surface area (Å²) in [5, 5.41) is 3.02. The highest BCUT2D eigenvalue weighted by atomic mass is 35.5. The van der Waals surface area contributed by atoms with Gasteiger partial charge < -0.3 is 14.8 Å². The molecule has 0 saturated carbocycles. The van der Waals surface area contributed by atoms with Crippen LogP contribution in [0.3, 0.4) is 0 Å². The first kappa shape index (κ1) is 18.3. The minimum atomic E-state index is -3.58. The van der Waals surface area contributed by atoms with E-state index in [2.05, 4.69) is 5.32 Å². The highest BCUT2D eigenvalue weighted by Gasteiger charge is 2.21. The molecular formula is C17H17ClN2O5S. The van der Waals surface area contributed by atoms with Gasteiger partial charge in [0.05, 0.1) is 17.0 Å². The molecule has 26 heavy (non-hydrogen) atoms. The van der Waals surface area contributed by atoms with E-state index in [1.807, 2.05) is 0 Å². The normalized spacial score (nSPS) is 12.7. The lowest BCUT2D eigenvalue weighted by Crippen LogP contribution is -2.33. The second kappa shape index (κ2) is 7.43. The summed E-state index contributed by atoms with van der Waals surface area (Å²) in [7, 11) is -3.58. The van der Waals surface area contributed by atoms with Crippen LogP contribution in [0.5, 0.6) is 11.5 Å². The fourth-order valence-corrected chi connectivity index (χ4v) is 3.75. The lowest BCUT2D eigenvalue weighted by molar-refractivity contribution is -0.116. The molecule has 1 aliphatic rings. The molecule has 0 unspecified atom stereocenters. The summed E-state index contributed by atoms with van der Waals surface area (Å²) in [5.41, 5.74) is 0.885. The standard InChI is InChI=1S/C17H17ClN2O5S/c1-26(22,23)20(14-5-3-2-4-13(14)18)9-8-17(21)19-12-6-7-15-16(10-12)25-11-24-15/h2-7,10H,8-9,11H2,1H3,(H,19,21). The maximum atomic E-state index is 12.2. The van der Waals surface area contributed by atoms with Crippen molar-refractivity contribution < 1.29 is 22.7 Å². The number of carbonyl (C=O) groups is 1. The summed E-state index contributed by atoms with van der Waals surface area (Å²) >= 11 is 6.09. The predicted octanol–water partition coefficient (Wildman–Crippen LogP) is 2.86. The number of sulfonamides is 1. The fourth-order valence-electron chi connectivity index (χ4n) is 2.52. The molecule has 0 bridgehead atoms. The number of benzene rings is 2. The van der Waals surface area contributed by atoms with E-state index >= 15 is 0 Å². The third kappa shape index (κ3) is 4.20. The van der Waals surface area contributed by atoms with Crippen LogP contribution in [-0.4, -0.2) is 33.9 Å². The molecule has 0 spiro atoms. The topological polar surface area (TPSA) is 84.9 Å². The lowest BCUT2D eigenvalue weighted by Gasteiger charge is -2.23. The molecule has 2 aromatic rings. The zero-order valence-corrected chi connectivity index (χ0v) is 15.5. The Labute approximate surface area is 156 Å².